The SMILES string of the molecule is CC(C)c1cc(C(C)C)c(B2c3ccccc3N(c3ccc4c(=O)c5cccc6c(=O)c7ccccc7n(c4c3)c65)c3ccccc32)c(C(C)C)c1. The number of benzene rings is 6. The second-order valence-corrected chi connectivity index (χ2v) is 15.4. The minimum absolute atomic E-state index is 0.0493. The lowest BCUT2D eigenvalue weighted by molar-refractivity contribution is 0.812. The number of hydrogen-bond donors (Lipinski definition) is 0. The van der Waals surface area contributed by atoms with E-state index < -0.39 is 0 Å². The van der Waals surface area contributed by atoms with Gasteiger partial charge >= 0.3 is 0 Å². The van der Waals surface area contributed by atoms with E-state index in [0.29, 0.717) is 44.8 Å². The van der Waals surface area contributed by atoms with Crippen LogP contribution in [0, 0.1) is 0 Å². The van der Waals surface area contributed by atoms with Crippen molar-refractivity contribution >= 4 is 78.3 Å². The van der Waals surface area contributed by atoms with Crippen molar-refractivity contribution in [1.29, 1.82) is 0 Å². The Morgan fingerprint density at radius 1 is 0.500 bits per heavy atom. The molecular formula is C47H41BN2O2. The summed E-state index contributed by atoms with van der Waals surface area (Å²) in [5.41, 5.74) is 13.5. The number of para-hydroxylation sites is 4. The Balaban J connectivity index is 1.35. The summed E-state index contributed by atoms with van der Waals surface area (Å²) < 4.78 is 2.13. The van der Waals surface area contributed by atoms with Gasteiger partial charge in [0.05, 0.1) is 16.6 Å². The molecule has 0 saturated carbocycles. The van der Waals surface area contributed by atoms with Crippen LogP contribution in [0.5, 0.6) is 0 Å². The molecule has 0 aliphatic carbocycles. The Morgan fingerprint density at radius 2 is 1.02 bits per heavy atom. The molecule has 8 aromatic rings. The monoisotopic (exact) mass is 676 g/mol. The summed E-state index contributed by atoms with van der Waals surface area (Å²) >= 11 is 0. The molecule has 3 heterocycles. The molecule has 5 heteroatoms. The molecule has 0 bridgehead atoms. The zero-order valence-electron chi connectivity index (χ0n) is 30.6. The molecule has 1 aliphatic heterocycles. The molecule has 52 heavy (non-hydrogen) atoms. The Hall–Kier alpha value is -5.68. The van der Waals surface area contributed by atoms with Crippen molar-refractivity contribution in [3.63, 3.8) is 0 Å². The summed E-state index contributed by atoms with van der Waals surface area (Å²) in [4.78, 5) is 30.2. The van der Waals surface area contributed by atoms with Gasteiger partial charge in [0.1, 0.15) is 0 Å². The molecule has 1 aliphatic rings. The Morgan fingerprint density at radius 3 is 1.60 bits per heavy atom. The van der Waals surface area contributed by atoms with E-state index in [4.69, 9.17) is 0 Å². The van der Waals surface area contributed by atoms with Crippen LogP contribution in [0.15, 0.2) is 131 Å². The first-order valence-electron chi connectivity index (χ1n) is 18.6. The van der Waals surface area contributed by atoms with Gasteiger partial charge in [-0.15, -0.1) is 0 Å². The lowest BCUT2D eigenvalue weighted by atomic mass is 9.33. The van der Waals surface area contributed by atoms with Crippen LogP contribution in [0.4, 0.5) is 17.1 Å². The number of fused-ring (bicyclic) bond motifs is 6. The van der Waals surface area contributed by atoms with Gasteiger partial charge in [-0.2, -0.15) is 0 Å². The van der Waals surface area contributed by atoms with Gasteiger partial charge in [-0.3, -0.25) is 9.59 Å². The van der Waals surface area contributed by atoms with Gasteiger partial charge < -0.3 is 9.30 Å². The summed E-state index contributed by atoms with van der Waals surface area (Å²) in [5, 5.41) is 2.38. The summed E-state index contributed by atoms with van der Waals surface area (Å²) in [7, 11) is 0. The highest BCUT2D eigenvalue weighted by Crippen LogP contribution is 2.39. The van der Waals surface area contributed by atoms with Gasteiger partial charge in [0, 0.05) is 38.6 Å². The Labute approximate surface area is 304 Å². The number of aromatic nitrogens is 1. The first kappa shape index (κ1) is 32.2. The standard InChI is InChI=1S/C47H41BN2O2/c1-27(2)30-24-36(28(3)4)44(37(25-30)29(5)6)48-38-17-8-11-20-41(38)49(42-21-12-9-18-39(42)48)31-22-23-33-43(26-31)50-40-19-10-7-14-32(40)46(51)34-15-13-16-35(45(34)50)47(33)52/h7-29H,1-6H3. The van der Waals surface area contributed by atoms with Crippen LogP contribution >= 0.6 is 0 Å². The number of anilines is 3. The second-order valence-electron chi connectivity index (χ2n) is 15.4. The van der Waals surface area contributed by atoms with Crippen LogP contribution in [0.3, 0.4) is 0 Å². The molecule has 254 valence electrons. The maximum absolute atomic E-state index is 14.1. The van der Waals surface area contributed by atoms with Gasteiger partial charge in [0.2, 0.25) is 6.71 Å². The molecule has 0 spiro atoms. The van der Waals surface area contributed by atoms with Crippen molar-refractivity contribution in [2.45, 2.75) is 59.3 Å². The Bertz CT molecular complexity index is 2760. The van der Waals surface area contributed by atoms with Gasteiger partial charge in [-0.1, -0.05) is 114 Å². The fraction of sp³-hybridized carbons (Fsp3) is 0.191. The van der Waals surface area contributed by atoms with Crippen LogP contribution in [-0.2, 0) is 0 Å². The smallest absolute Gasteiger partial charge is 0.247 e. The zero-order valence-corrected chi connectivity index (χ0v) is 30.6. The van der Waals surface area contributed by atoms with Crippen LogP contribution in [-0.4, -0.2) is 11.1 Å². The highest BCUT2D eigenvalue weighted by Gasteiger charge is 2.38. The van der Waals surface area contributed by atoms with E-state index in [-0.39, 0.29) is 17.6 Å². The van der Waals surface area contributed by atoms with E-state index >= 15 is 0 Å². The van der Waals surface area contributed by atoms with E-state index in [1.807, 2.05) is 48.5 Å². The molecular weight excluding hydrogens is 635 g/mol. The number of nitrogens with zero attached hydrogens (tertiary/aromatic N) is 2. The van der Waals surface area contributed by atoms with Crippen LogP contribution in [0.1, 0.15) is 76.0 Å². The van der Waals surface area contributed by atoms with Crippen molar-refractivity contribution in [3.05, 3.63) is 158 Å². The average molecular weight is 677 g/mol. The first-order chi connectivity index (χ1) is 25.2. The maximum atomic E-state index is 14.1. The average Bonchev–Trinajstić information content (AvgIpc) is 3.15. The largest absolute Gasteiger partial charge is 0.311 e. The van der Waals surface area contributed by atoms with Gasteiger partial charge in [0.25, 0.3) is 0 Å². The van der Waals surface area contributed by atoms with E-state index in [0.717, 1.165) is 28.1 Å². The molecule has 0 N–H and O–H groups in total. The topological polar surface area (TPSA) is 41.8 Å². The normalized spacial score (nSPS) is 13.0. The zero-order chi connectivity index (χ0) is 36.0. The predicted molar refractivity (Wildman–Crippen MR) is 222 cm³/mol. The van der Waals surface area contributed by atoms with Crippen LogP contribution < -0.4 is 32.1 Å². The molecule has 9 rings (SSSR count). The van der Waals surface area contributed by atoms with E-state index in [1.54, 1.807) is 0 Å². The predicted octanol–water partition coefficient (Wildman–Crippen LogP) is 9.23. The molecule has 0 unspecified atom stereocenters. The molecule has 0 atom stereocenters. The van der Waals surface area contributed by atoms with Crippen LogP contribution in [0.25, 0.3) is 38.1 Å². The molecule has 6 aromatic carbocycles. The van der Waals surface area contributed by atoms with Crippen molar-refractivity contribution < 1.29 is 0 Å². The molecule has 0 fully saturated rings. The van der Waals surface area contributed by atoms with E-state index in [9.17, 15) is 9.59 Å². The van der Waals surface area contributed by atoms with Crippen LogP contribution in [0.2, 0.25) is 0 Å². The lowest BCUT2D eigenvalue weighted by Gasteiger charge is -2.39. The van der Waals surface area contributed by atoms with Gasteiger partial charge in [-0.05, 0) is 100.0 Å². The van der Waals surface area contributed by atoms with Crippen molar-refractivity contribution in [2.75, 3.05) is 4.90 Å². The number of pyridine rings is 2. The minimum atomic E-state index is -0.0615. The lowest BCUT2D eigenvalue weighted by Crippen LogP contribution is -2.59. The highest BCUT2D eigenvalue weighted by molar-refractivity contribution is 6.98. The number of hydrogen-bond acceptors (Lipinski definition) is 3. The van der Waals surface area contributed by atoms with Crippen molar-refractivity contribution in [1.82, 2.24) is 4.40 Å². The maximum Gasteiger partial charge on any atom is 0.247 e. The summed E-state index contributed by atoms with van der Waals surface area (Å²) in [6, 6.07) is 42.0. The third kappa shape index (κ3) is 4.61. The number of rotatable bonds is 5. The van der Waals surface area contributed by atoms with Gasteiger partial charge in [0.15, 0.2) is 10.9 Å². The first-order valence-corrected chi connectivity index (χ1v) is 18.6. The fourth-order valence-corrected chi connectivity index (χ4v) is 8.81. The molecule has 0 radical (unpaired) electrons. The molecule has 2 aromatic heterocycles. The van der Waals surface area contributed by atoms with Crippen molar-refractivity contribution in [3.8, 4) is 0 Å². The van der Waals surface area contributed by atoms with E-state index in [2.05, 4.69) is 124 Å². The third-order valence-corrected chi connectivity index (χ3v) is 11.3. The summed E-state index contributed by atoms with van der Waals surface area (Å²) in [6.07, 6.45) is 0. The molecule has 0 amide bonds. The van der Waals surface area contributed by atoms with Gasteiger partial charge in [-0.25, -0.2) is 0 Å². The fourth-order valence-electron chi connectivity index (χ4n) is 8.81. The summed E-state index contributed by atoms with van der Waals surface area (Å²) in [6.45, 7) is 13.9. The Kier molecular flexibility index (Phi) is 7.41. The minimum Gasteiger partial charge on any atom is -0.311 e. The second kappa shape index (κ2) is 11.9. The quantitative estimate of drug-likeness (QED) is 0.104. The molecule has 0 saturated heterocycles. The summed E-state index contributed by atoms with van der Waals surface area (Å²) in [5.74, 6) is 1.15. The molecule has 4 nitrogen and oxygen atoms in total. The van der Waals surface area contributed by atoms with E-state index in [1.165, 1.54) is 33.1 Å². The van der Waals surface area contributed by atoms with Crippen molar-refractivity contribution in [2.24, 2.45) is 0 Å². The highest BCUT2D eigenvalue weighted by atomic mass is 16.1. The third-order valence-electron chi connectivity index (χ3n) is 11.3.